The molecular formula is C9H8INO2. The molecule has 13 heavy (non-hydrogen) atoms. The first-order valence-corrected chi connectivity index (χ1v) is 4.96. The van der Waals surface area contributed by atoms with Crippen molar-refractivity contribution in [1.82, 2.24) is 5.16 Å². The smallest absolute Gasteiger partial charge is 0.173 e. The maximum Gasteiger partial charge on any atom is 0.173 e. The van der Waals surface area contributed by atoms with E-state index in [1.54, 1.807) is 0 Å². The van der Waals surface area contributed by atoms with Crippen LogP contribution in [0.1, 0.15) is 11.3 Å². The van der Waals surface area contributed by atoms with Gasteiger partial charge in [-0.05, 0) is 41.6 Å². The lowest BCUT2D eigenvalue weighted by molar-refractivity contribution is 0.279. The molecule has 0 atom stereocenters. The van der Waals surface area contributed by atoms with Crippen LogP contribution in [0.5, 0.6) is 0 Å². The fourth-order valence-corrected chi connectivity index (χ4v) is 1.90. The zero-order chi connectivity index (χ0) is 9.42. The van der Waals surface area contributed by atoms with Gasteiger partial charge in [-0.15, -0.1) is 0 Å². The minimum atomic E-state index is -0.00968. The van der Waals surface area contributed by atoms with Gasteiger partial charge in [-0.1, -0.05) is 5.16 Å². The molecule has 1 N–H and O–H groups in total. The molecule has 0 saturated carbocycles. The van der Waals surface area contributed by atoms with Crippen LogP contribution < -0.4 is 0 Å². The molecular weight excluding hydrogens is 281 g/mol. The molecule has 0 bridgehead atoms. The normalized spacial score (nSPS) is 11.0. The van der Waals surface area contributed by atoms with Crippen molar-refractivity contribution in [3.05, 3.63) is 27.0 Å². The van der Waals surface area contributed by atoms with E-state index in [1.807, 2.05) is 19.1 Å². The quantitative estimate of drug-likeness (QED) is 0.819. The van der Waals surface area contributed by atoms with Crippen molar-refractivity contribution in [1.29, 1.82) is 0 Å². The highest BCUT2D eigenvalue weighted by molar-refractivity contribution is 14.1. The SMILES string of the molecule is Cc1noc2c(CO)c(I)ccc12. The van der Waals surface area contributed by atoms with Gasteiger partial charge in [-0.25, -0.2) is 0 Å². The third-order valence-corrected chi connectivity index (χ3v) is 3.04. The van der Waals surface area contributed by atoms with E-state index in [-0.39, 0.29) is 6.61 Å². The number of halogens is 1. The molecule has 0 spiro atoms. The summed E-state index contributed by atoms with van der Waals surface area (Å²) in [6.45, 7) is 1.88. The van der Waals surface area contributed by atoms with Crippen LogP contribution in [-0.4, -0.2) is 10.3 Å². The lowest BCUT2D eigenvalue weighted by atomic mass is 10.1. The van der Waals surface area contributed by atoms with E-state index in [2.05, 4.69) is 27.7 Å². The average Bonchev–Trinajstić information content (AvgIpc) is 2.48. The Kier molecular flexibility index (Phi) is 2.25. The number of hydrogen-bond donors (Lipinski definition) is 1. The number of fused-ring (bicyclic) bond motifs is 1. The molecule has 3 nitrogen and oxygen atoms in total. The van der Waals surface area contributed by atoms with Crippen LogP contribution in [0.3, 0.4) is 0 Å². The molecule has 0 unspecified atom stereocenters. The molecule has 2 aromatic rings. The lowest BCUT2D eigenvalue weighted by Gasteiger charge is -1.99. The van der Waals surface area contributed by atoms with E-state index in [4.69, 9.17) is 9.63 Å². The largest absolute Gasteiger partial charge is 0.391 e. The topological polar surface area (TPSA) is 46.3 Å². The molecule has 0 aliphatic rings. The third kappa shape index (κ3) is 1.34. The molecule has 0 aliphatic heterocycles. The maximum atomic E-state index is 9.13. The van der Waals surface area contributed by atoms with Crippen LogP contribution in [0, 0.1) is 10.5 Å². The highest BCUT2D eigenvalue weighted by Gasteiger charge is 2.10. The number of hydrogen-bond acceptors (Lipinski definition) is 3. The summed E-state index contributed by atoms with van der Waals surface area (Å²) in [4.78, 5) is 0. The van der Waals surface area contributed by atoms with Crippen molar-refractivity contribution < 1.29 is 9.63 Å². The van der Waals surface area contributed by atoms with Gasteiger partial charge in [0.1, 0.15) is 0 Å². The molecule has 0 saturated heterocycles. The average molecular weight is 289 g/mol. The van der Waals surface area contributed by atoms with Gasteiger partial charge in [0, 0.05) is 14.5 Å². The van der Waals surface area contributed by atoms with Gasteiger partial charge in [-0.3, -0.25) is 0 Å². The standard InChI is InChI=1S/C9H8INO2/c1-5-6-2-3-8(10)7(4-12)9(6)13-11-5/h2-3,12H,4H2,1H3. The molecule has 2 rings (SSSR count). The fourth-order valence-electron chi connectivity index (χ4n) is 1.30. The summed E-state index contributed by atoms with van der Waals surface area (Å²) >= 11 is 2.17. The number of aryl methyl sites for hydroxylation is 1. The van der Waals surface area contributed by atoms with Crippen LogP contribution in [0.4, 0.5) is 0 Å². The minimum Gasteiger partial charge on any atom is -0.391 e. The molecule has 0 amide bonds. The maximum absolute atomic E-state index is 9.13. The monoisotopic (exact) mass is 289 g/mol. The Bertz CT molecular complexity index is 450. The van der Waals surface area contributed by atoms with Crippen LogP contribution >= 0.6 is 22.6 Å². The Morgan fingerprint density at radius 3 is 3.00 bits per heavy atom. The Morgan fingerprint density at radius 1 is 1.54 bits per heavy atom. The van der Waals surface area contributed by atoms with Gasteiger partial charge in [0.15, 0.2) is 5.58 Å². The first-order chi connectivity index (χ1) is 6.24. The second kappa shape index (κ2) is 3.26. The summed E-state index contributed by atoms with van der Waals surface area (Å²) in [7, 11) is 0. The van der Waals surface area contributed by atoms with Crippen molar-refractivity contribution in [2.75, 3.05) is 0 Å². The molecule has 4 heteroatoms. The van der Waals surface area contributed by atoms with Crippen molar-refractivity contribution in [3.63, 3.8) is 0 Å². The van der Waals surface area contributed by atoms with Crippen LogP contribution in [-0.2, 0) is 6.61 Å². The van der Waals surface area contributed by atoms with Gasteiger partial charge in [0.25, 0.3) is 0 Å². The first kappa shape index (κ1) is 8.96. The predicted octanol–water partition coefficient (Wildman–Crippen LogP) is 2.23. The van der Waals surface area contributed by atoms with Crippen LogP contribution in [0.15, 0.2) is 16.7 Å². The lowest BCUT2D eigenvalue weighted by Crippen LogP contribution is -1.88. The number of aliphatic hydroxyl groups is 1. The molecule has 68 valence electrons. The van der Waals surface area contributed by atoms with E-state index in [9.17, 15) is 0 Å². The molecule has 1 heterocycles. The van der Waals surface area contributed by atoms with Crippen molar-refractivity contribution in [2.45, 2.75) is 13.5 Å². The Morgan fingerprint density at radius 2 is 2.31 bits per heavy atom. The molecule has 0 radical (unpaired) electrons. The van der Waals surface area contributed by atoms with Crippen LogP contribution in [0.25, 0.3) is 11.0 Å². The Labute approximate surface area is 88.9 Å². The zero-order valence-electron chi connectivity index (χ0n) is 7.04. The zero-order valence-corrected chi connectivity index (χ0v) is 9.20. The van der Waals surface area contributed by atoms with Gasteiger partial charge >= 0.3 is 0 Å². The summed E-state index contributed by atoms with van der Waals surface area (Å²) in [6, 6.07) is 3.92. The van der Waals surface area contributed by atoms with E-state index in [0.29, 0.717) is 5.58 Å². The second-order valence-electron chi connectivity index (χ2n) is 2.83. The highest BCUT2D eigenvalue weighted by Crippen LogP contribution is 2.25. The molecule has 0 fully saturated rings. The number of aromatic nitrogens is 1. The number of aliphatic hydroxyl groups excluding tert-OH is 1. The predicted molar refractivity (Wildman–Crippen MR) is 57.4 cm³/mol. The van der Waals surface area contributed by atoms with Gasteiger partial charge < -0.3 is 9.63 Å². The van der Waals surface area contributed by atoms with Crippen molar-refractivity contribution >= 4 is 33.6 Å². The van der Waals surface area contributed by atoms with E-state index < -0.39 is 0 Å². The number of rotatable bonds is 1. The fraction of sp³-hybridized carbons (Fsp3) is 0.222. The Hall–Kier alpha value is -0.620. The molecule has 1 aromatic heterocycles. The van der Waals surface area contributed by atoms with Gasteiger partial charge in [0.05, 0.1) is 12.3 Å². The highest BCUT2D eigenvalue weighted by atomic mass is 127. The number of benzene rings is 1. The van der Waals surface area contributed by atoms with Crippen molar-refractivity contribution in [2.24, 2.45) is 0 Å². The van der Waals surface area contributed by atoms with E-state index in [1.165, 1.54) is 0 Å². The van der Waals surface area contributed by atoms with Crippen LogP contribution in [0.2, 0.25) is 0 Å². The van der Waals surface area contributed by atoms with Crippen molar-refractivity contribution in [3.8, 4) is 0 Å². The Balaban J connectivity index is 2.85. The van der Waals surface area contributed by atoms with Gasteiger partial charge in [0.2, 0.25) is 0 Å². The molecule has 1 aromatic carbocycles. The second-order valence-corrected chi connectivity index (χ2v) is 3.99. The van der Waals surface area contributed by atoms with E-state index >= 15 is 0 Å². The molecule has 0 aliphatic carbocycles. The van der Waals surface area contributed by atoms with E-state index in [0.717, 1.165) is 20.2 Å². The summed E-state index contributed by atoms with van der Waals surface area (Å²) < 4.78 is 6.14. The summed E-state index contributed by atoms with van der Waals surface area (Å²) in [5.74, 6) is 0. The van der Waals surface area contributed by atoms with Gasteiger partial charge in [-0.2, -0.15) is 0 Å². The summed E-state index contributed by atoms with van der Waals surface area (Å²) in [5.41, 5.74) is 2.38. The minimum absolute atomic E-state index is 0.00968. The summed E-state index contributed by atoms with van der Waals surface area (Å²) in [5, 5.41) is 14.0. The number of nitrogens with zero attached hydrogens (tertiary/aromatic N) is 1. The third-order valence-electron chi connectivity index (χ3n) is 2.03. The first-order valence-electron chi connectivity index (χ1n) is 3.88. The summed E-state index contributed by atoms with van der Waals surface area (Å²) in [6.07, 6.45) is 0.